The summed E-state index contributed by atoms with van der Waals surface area (Å²) in [5.74, 6) is -1.28. The molecule has 0 spiro atoms. The lowest BCUT2D eigenvalue weighted by Crippen LogP contribution is -2.24. The van der Waals surface area contributed by atoms with Gasteiger partial charge in [-0.15, -0.1) is 11.3 Å². The van der Waals surface area contributed by atoms with Crippen LogP contribution in [0.4, 0.5) is 10.7 Å². The Kier molecular flexibility index (Phi) is 7.36. The first kappa shape index (κ1) is 24.9. The maximum absolute atomic E-state index is 13.0. The zero-order valence-electron chi connectivity index (χ0n) is 20.3. The number of fused-ring (bicyclic) bond motifs is 1. The Balaban J connectivity index is 1.61. The highest BCUT2D eigenvalue weighted by Gasteiger charge is 2.28. The second-order valence-corrected chi connectivity index (χ2v) is 9.32. The number of para-hydroxylation sites is 1. The molecule has 2 aromatic heterocycles. The molecule has 0 bridgehead atoms. The predicted molar refractivity (Wildman–Crippen MR) is 138 cm³/mol. The average Bonchev–Trinajstić information content (AvgIpc) is 3.34. The van der Waals surface area contributed by atoms with Crippen LogP contribution < -0.4 is 16.3 Å². The van der Waals surface area contributed by atoms with E-state index >= 15 is 0 Å². The SMILES string of the molecule is CCOC(=O)c1c(NC(=O)/C(C#N)=N\Nc2c(C)n(C)n(-c3ccccc3)c2=O)sc2c1CCCC2. The quantitative estimate of drug-likeness (QED) is 0.286. The van der Waals surface area contributed by atoms with Gasteiger partial charge in [0, 0.05) is 11.9 Å². The number of carbonyl (C=O) groups excluding carboxylic acids is 2. The summed E-state index contributed by atoms with van der Waals surface area (Å²) in [7, 11) is 1.73. The van der Waals surface area contributed by atoms with Crippen LogP contribution in [-0.4, -0.2) is 33.6 Å². The summed E-state index contributed by atoms with van der Waals surface area (Å²) < 4.78 is 8.33. The number of benzene rings is 1. The van der Waals surface area contributed by atoms with Crippen LogP contribution in [-0.2, 0) is 29.4 Å². The fraction of sp³-hybridized carbons (Fsp3) is 0.320. The molecule has 10 nitrogen and oxygen atoms in total. The molecule has 4 rings (SSSR count). The average molecular weight is 507 g/mol. The number of carbonyl (C=O) groups is 2. The second kappa shape index (κ2) is 10.6. The van der Waals surface area contributed by atoms with Gasteiger partial charge in [0.2, 0.25) is 5.71 Å². The topological polar surface area (TPSA) is 131 Å². The van der Waals surface area contributed by atoms with E-state index < -0.39 is 17.6 Å². The summed E-state index contributed by atoms with van der Waals surface area (Å²) in [6.07, 6.45) is 3.52. The van der Waals surface area contributed by atoms with E-state index in [1.54, 1.807) is 43.8 Å². The highest BCUT2D eigenvalue weighted by atomic mass is 32.1. The van der Waals surface area contributed by atoms with Crippen LogP contribution in [0.2, 0.25) is 0 Å². The minimum atomic E-state index is -0.786. The van der Waals surface area contributed by atoms with Crippen molar-refractivity contribution >= 4 is 39.6 Å². The monoisotopic (exact) mass is 506 g/mol. The fourth-order valence-electron chi connectivity index (χ4n) is 4.17. The number of nitrogens with one attached hydrogen (secondary N) is 2. The van der Waals surface area contributed by atoms with Crippen molar-refractivity contribution in [3.05, 3.63) is 62.4 Å². The number of thiophene rings is 1. The number of anilines is 2. The second-order valence-electron chi connectivity index (χ2n) is 8.21. The molecule has 3 aromatic rings. The minimum absolute atomic E-state index is 0.140. The summed E-state index contributed by atoms with van der Waals surface area (Å²) in [6, 6.07) is 10.8. The molecule has 11 heteroatoms. The smallest absolute Gasteiger partial charge is 0.341 e. The molecule has 1 aliphatic carbocycles. The van der Waals surface area contributed by atoms with Crippen molar-refractivity contribution in [3.8, 4) is 11.8 Å². The van der Waals surface area contributed by atoms with Crippen LogP contribution in [0.15, 0.2) is 40.2 Å². The molecule has 2 N–H and O–H groups in total. The van der Waals surface area contributed by atoms with Crippen molar-refractivity contribution in [2.45, 2.75) is 39.5 Å². The number of amides is 1. The van der Waals surface area contributed by atoms with Crippen LogP contribution in [0.3, 0.4) is 0 Å². The first-order chi connectivity index (χ1) is 17.4. The van der Waals surface area contributed by atoms with Crippen LogP contribution in [0, 0.1) is 18.3 Å². The van der Waals surface area contributed by atoms with Gasteiger partial charge in [-0.3, -0.25) is 19.7 Å². The summed E-state index contributed by atoms with van der Waals surface area (Å²) in [5.41, 5.74) is 4.36. The van der Waals surface area contributed by atoms with E-state index in [2.05, 4.69) is 15.8 Å². The number of hydrazone groups is 1. The Labute approximate surface area is 211 Å². The number of nitrogens with zero attached hydrogens (tertiary/aromatic N) is 4. The molecule has 1 aliphatic rings. The van der Waals surface area contributed by atoms with E-state index in [9.17, 15) is 19.6 Å². The third-order valence-electron chi connectivity index (χ3n) is 6.03. The first-order valence-electron chi connectivity index (χ1n) is 11.6. The molecular weight excluding hydrogens is 480 g/mol. The lowest BCUT2D eigenvalue weighted by molar-refractivity contribution is -0.110. The molecule has 186 valence electrons. The number of hydrogen-bond donors (Lipinski definition) is 2. The first-order valence-corrected chi connectivity index (χ1v) is 12.4. The van der Waals surface area contributed by atoms with Crippen molar-refractivity contribution in [2.75, 3.05) is 17.3 Å². The van der Waals surface area contributed by atoms with Crippen molar-refractivity contribution in [1.82, 2.24) is 9.36 Å². The molecule has 0 saturated carbocycles. The number of aryl methyl sites for hydroxylation is 1. The molecule has 0 fully saturated rings. The Morgan fingerprint density at radius 1 is 1.22 bits per heavy atom. The largest absolute Gasteiger partial charge is 0.462 e. The molecule has 0 atom stereocenters. The lowest BCUT2D eigenvalue weighted by atomic mass is 9.95. The lowest BCUT2D eigenvalue weighted by Gasteiger charge is -2.12. The minimum Gasteiger partial charge on any atom is -0.462 e. The summed E-state index contributed by atoms with van der Waals surface area (Å²) >= 11 is 1.32. The van der Waals surface area contributed by atoms with Crippen molar-refractivity contribution < 1.29 is 14.3 Å². The molecule has 0 unspecified atom stereocenters. The van der Waals surface area contributed by atoms with Gasteiger partial charge < -0.3 is 10.1 Å². The van der Waals surface area contributed by atoms with E-state index in [4.69, 9.17) is 4.74 Å². The number of ether oxygens (including phenoxy) is 1. The van der Waals surface area contributed by atoms with Gasteiger partial charge in [0.05, 0.1) is 23.6 Å². The maximum Gasteiger partial charge on any atom is 0.341 e. The van der Waals surface area contributed by atoms with Gasteiger partial charge in [-0.05, 0) is 57.2 Å². The summed E-state index contributed by atoms with van der Waals surface area (Å²) in [5, 5.41) is 16.5. The molecule has 0 radical (unpaired) electrons. The van der Waals surface area contributed by atoms with Gasteiger partial charge >= 0.3 is 5.97 Å². The zero-order valence-corrected chi connectivity index (χ0v) is 21.1. The van der Waals surface area contributed by atoms with Crippen molar-refractivity contribution in [3.63, 3.8) is 0 Å². The number of esters is 1. The highest BCUT2D eigenvalue weighted by Crippen LogP contribution is 2.38. The molecule has 0 aliphatic heterocycles. The predicted octanol–water partition coefficient (Wildman–Crippen LogP) is 3.53. The van der Waals surface area contributed by atoms with Crippen LogP contribution in [0.25, 0.3) is 5.69 Å². The Bertz CT molecular complexity index is 1440. The number of hydrogen-bond acceptors (Lipinski definition) is 8. The fourth-order valence-corrected chi connectivity index (χ4v) is 5.44. The van der Waals surface area contributed by atoms with Gasteiger partial charge in [0.1, 0.15) is 16.8 Å². The number of nitriles is 1. The van der Waals surface area contributed by atoms with E-state index in [0.717, 1.165) is 36.1 Å². The highest BCUT2D eigenvalue weighted by molar-refractivity contribution is 7.17. The molecule has 2 heterocycles. The van der Waals surface area contributed by atoms with Gasteiger partial charge in [-0.1, -0.05) is 18.2 Å². The molecule has 1 aromatic carbocycles. The molecular formula is C25H26N6O4S. The van der Waals surface area contributed by atoms with E-state index in [-0.39, 0.29) is 17.9 Å². The van der Waals surface area contributed by atoms with E-state index in [1.165, 1.54) is 16.0 Å². The van der Waals surface area contributed by atoms with Gasteiger partial charge in [-0.25, -0.2) is 9.48 Å². The molecule has 1 amide bonds. The van der Waals surface area contributed by atoms with Gasteiger partial charge in [0.15, 0.2) is 0 Å². The van der Waals surface area contributed by atoms with Crippen molar-refractivity contribution in [1.29, 1.82) is 5.26 Å². The Morgan fingerprint density at radius 3 is 2.64 bits per heavy atom. The Hall–Kier alpha value is -4.17. The number of aromatic nitrogens is 2. The van der Waals surface area contributed by atoms with Crippen LogP contribution in [0.1, 0.15) is 46.3 Å². The van der Waals surface area contributed by atoms with E-state index in [1.807, 2.05) is 18.2 Å². The maximum atomic E-state index is 13.0. The van der Waals surface area contributed by atoms with Crippen LogP contribution in [0.5, 0.6) is 0 Å². The standard InChI is InChI=1S/C25H26N6O4S/c1-4-35-25(34)20-17-12-8-9-13-19(17)36-23(20)27-22(32)18(14-26)28-29-21-15(2)30(3)31(24(21)33)16-10-6-5-7-11-16/h5-7,10-11,29H,4,8-9,12-13H2,1-3H3,(H,27,32)/b28-18-. The Morgan fingerprint density at radius 2 is 1.94 bits per heavy atom. The molecule has 0 saturated heterocycles. The van der Waals surface area contributed by atoms with Gasteiger partial charge in [0.25, 0.3) is 11.5 Å². The van der Waals surface area contributed by atoms with Crippen LogP contribution >= 0.6 is 11.3 Å². The summed E-state index contributed by atoms with van der Waals surface area (Å²) in [6.45, 7) is 3.66. The molecule has 36 heavy (non-hydrogen) atoms. The normalized spacial score (nSPS) is 13.0. The third kappa shape index (κ3) is 4.67. The van der Waals surface area contributed by atoms with Gasteiger partial charge in [-0.2, -0.15) is 10.4 Å². The summed E-state index contributed by atoms with van der Waals surface area (Å²) in [4.78, 5) is 39.7. The van der Waals surface area contributed by atoms with Crippen molar-refractivity contribution in [2.24, 2.45) is 12.1 Å². The van der Waals surface area contributed by atoms with E-state index in [0.29, 0.717) is 21.9 Å². The third-order valence-corrected chi connectivity index (χ3v) is 7.24. The number of rotatable bonds is 7. The zero-order chi connectivity index (χ0) is 25.8.